The van der Waals surface area contributed by atoms with Crippen LogP contribution < -0.4 is 20.7 Å². The molecule has 0 aliphatic carbocycles. The van der Waals surface area contributed by atoms with E-state index in [1.54, 1.807) is 12.1 Å². The van der Waals surface area contributed by atoms with Crippen molar-refractivity contribution < 1.29 is 23.8 Å². The zero-order chi connectivity index (χ0) is 30.7. The number of methoxy groups -OCH3 is 1. The molecule has 1 saturated heterocycles. The van der Waals surface area contributed by atoms with Crippen molar-refractivity contribution in [2.75, 3.05) is 31.8 Å². The summed E-state index contributed by atoms with van der Waals surface area (Å²) < 4.78 is 17.1. The molecule has 5 rings (SSSR count). The van der Waals surface area contributed by atoms with Crippen molar-refractivity contribution in [3.63, 3.8) is 0 Å². The number of anilines is 1. The van der Waals surface area contributed by atoms with Crippen LogP contribution in [0.15, 0.2) is 115 Å². The van der Waals surface area contributed by atoms with Crippen LogP contribution in [0.25, 0.3) is 0 Å². The van der Waals surface area contributed by atoms with E-state index in [1.165, 1.54) is 7.11 Å². The van der Waals surface area contributed by atoms with Gasteiger partial charge in [-0.1, -0.05) is 97.1 Å². The summed E-state index contributed by atoms with van der Waals surface area (Å²) in [4.78, 5) is 28.4. The Morgan fingerprint density at radius 3 is 2.07 bits per heavy atom. The maximum atomic E-state index is 14.1. The number of ether oxygens (including phenoxy) is 3. The Morgan fingerprint density at radius 2 is 1.48 bits per heavy atom. The van der Waals surface area contributed by atoms with E-state index in [-0.39, 0.29) is 12.1 Å². The van der Waals surface area contributed by atoms with Crippen LogP contribution in [-0.2, 0) is 20.7 Å². The lowest BCUT2D eigenvalue weighted by atomic mass is 9.84. The van der Waals surface area contributed by atoms with Gasteiger partial charge >= 0.3 is 6.09 Å². The fourth-order valence-corrected chi connectivity index (χ4v) is 5.55. The van der Waals surface area contributed by atoms with Crippen molar-refractivity contribution in [3.8, 4) is 5.75 Å². The van der Waals surface area contributed by atoms with Gasteiger partial charge in [-0.25, -0.2) is 9.69 Å². The second-order valence-electron chi connectivity index (χ2n) is 10.8. The average molecular weight is 594 g/mol. The third-order valence-corrected chi connectivity index (χ3v) is 7.87. The molecular weight excluding hydrogens is 554 g/mol. The number of aryl methyl sites for hydroxylation is 1. The highest BCUT2D eigenvalue weighted by atomic mass is 16.5. The number of morpholine rings is 1. The maximum Gasteiger partial charge on any atom is 0.420 e. The molecule has 1 aliphatic heterocycles. The van der Waals surface area contributed by atoms with Gasteiger partial charge in [0.2, 0.25) is 0 Å². The molecule has 1 aliphatic rings. The number of carbonyl (C=O) groups is 2. The summed E-state index contributed by atoms with van der Waals surface area (Å²) in [5, 5.41) is 3.51. The van der Waals surface area contributed by atoms with E-state index in [1.807, 2.05) is 103 Å². The number of nitrogens with one attached hydrogen (secondary N) is 1. The second kappa shape index (κ2) is 15.3. The highest BCUT2D eigenvalue weighted by molar-refractivity contribution is 6.15. The molecule has 4 aromatic carbocycles. The van der Waals surface area contributed by atoms with Crippen LogP contribution in [0.4, 0.5) is 10.5 Å². The smallest absolute Gasteiger partial charge is 0.420 e. The number of imide groups is 1. The Balaban J connectivity index is 1.28. The highest BCUT2D eigenvalue weighted by Gasteiger charge is 2.36. The van der Waals surface area contributed by atoms with Gasteiger partial charge in [0, 0.05) is 12.5 Å². The molecule has 44 heavy (non-hydrogen) atoms. The number of carbonyl (C=O) groups excluding carboxylic acids is 2. The summed E-state index contributed by atoms with van der Waals surface area (Å²) in [7, 11) is 1.27. The summed E-state index contributed by atoms with van der Waals surface area (Å²) in [6.45, 7) is 1.72. The van der Waals surface area contributed by atoms with Gasteiger partial charge in [0.25, 0.3) is 5.91 Å². The molecule has 0 aromatic heterocycles. The number of amides is 2. The van der Waals surface area contributed by atoms with E-state index in [4.69, 9.17) is 19.9 Å². The first kappa shape index (κ1) is 30.9. The molecule has 0 spiro atoms. The minimum atomic E-state index is -1.05. The molecule has 0 radical (unpaired) electrons. The molecule has 4 aromatic rings. The molecule has 8 nitrogen and oxygen atoms in total. The number of hydrogen-bond donors (Lipinski definition) is 2. The van der Waals surface area contributed by atoms with Gasteiger partial charge in [-0.05, 0) is 47.7 Å². The monoisotopic (exact) mass is 593 g/mol. The number of para-hydroxylation sites is 2. The van der Waals surface area contributed by atoms with Crippen LogP contribution in [-0.4, -0.2) is 57.1 Å². The van der Waals surface area contributed by atoms with Crippen LogP contribution in [0.2, 0.25) is 0 Å². The first-order valence-electron chi connectivity index (χ1n) is 14.9. The van der Waals surface area contributed by atoms with Crippen LogP contribution in [0.1, 0.15) is 29.0 Å². The minimum Gasteiger partial charge on any atom is -0.492 e. The molecule has 0 bridgehead atoms. The van der Waals surface area contributed by atoms with Crippen LogP contribution in [0.3, 0.4) is 0 Å². The molecule has 0 saturated carbocycles. The van der Waals surface area contributed by atoms with E-state index in [0.717, 1.165) is 27.3 Å². The minimum absolute atomic E-state index is 0.0268. The first-order valence-corrected chi connectivity index (χ1v) is 14.9. The largest absolute Gasteiger partial charge is 0.492 e. The first-order chi connectivity index (χ1) is 21.5. The molecular formula is C36H39N3O5. The molecule has 8 heteroatoms. The Kier molecular flexibility index (Phi) is 10.8. The summed E-state index contributed by atoms with van der Waals surface area (Å²) in [5.74, 6) is -0.181. The number of hydrogen-bond acceptors (Lipinski definition) is 7. The third kappa shape index (κ3) is 7.71. The van der Waals surface area contributed by atoms with Crippen LogP contribution >= 0.6 is 0 Å². The fourth-order valence-electron chi connectivity index (χ4n) is 5.55. The zero-order valence-electron chi connectivity index (χ0n) is 24.9. The predicted octanol–water partition coefficient (Wildman–Crippen LogP) is 5.31. The number of nitrogens with two attached hydrogens (primary N) is 1. The number of benzene rings is 4. The average Bonchev–Trinajstić information content (AvgIpc) is 3.09. The van der Waals surface area contributed by atoms with Gasteiger partial charge < -0.3 is 25.3 Å². The van der Waals surface area contributed by atoms with E-state index in [9.17, 15) is 9.59 Å². The molecule has 2 amide bonds. The maximum absolute atomic E-state index is 14.1. The van der Waals surface area contributed by atoms with Gasteiger partial charge in [-0.15, -0.1) is 0 Å². The summed E-state index contributed by atoms with van der Waals surface area (Å²) in [5.41, 5.74) is 9.78. The lowest BCUT2D eigenvalue weighted by molar-refractivity contribution is -0.119. The summed E-state index contributed by atoms with van der Waals surface area (Å²) in [6, 6.07) is 35.4. The Morgan fingerprint density at radius 1 is 0.886 bits per heavy atom. The van der Waals surface area contributed by atoms with E-state index in [2.05, 4.69) is 5.32 Å². The van der Waals surface area contributed by atoms with Gasteiger partial charge in [0.1, 0.15) is 12.4 Å². The van der Waals surface area contributed by atoms with Gasteiger partial charge in [-0.2, -0.15) is 0 Å². The topological polar surface area (TPSA) is 103 Å². The van der Waals surface area contributed by atoms with Gasteiger partial charge in [0.15, 0.2) is 0 Å². The lowest BCUT2D eigenvalue weighted by Crippen LogP contribution is -2.50. The van der Waals surface area contributed by atoms with Gasteiger partial charge in [-0.3, -0.25) is 4.79 Å². The fraction of sp³-hybridized carbons (Fsp3) is 0.278. The lowest BCUT2D eigenvalue weighted by Gasteiger charge is -2.31. The van der Waals surface area contributed by atoms with Crippen LogP contribution in [0.5, 0.6) is 5.75 Å². The van der Waals surface area contributed by atoms with Crippen LogP contribution in [0, 0.1) is 0 Å². The zero-order valence-corrected chi connectivity index (χ0v) is 24.9. The van der Waals surface area contributed by atoms with E-state index in [0.29, 0.717) is 38.3 Å². The number of nitrogens with zero attached hydrogens (tertiary/aromatic N) is 1. The molecule has 3 atom stereocenters. The van der Waals surface area contributed by atoms with Gasteiger partial charge in [0.05, 0.1) is 37.6 Å². The van der Waals surface area contributed by atoms with Crippen molar-refractivity contribution in [2.45, 2.75) is 36.9 Å². The van der Waals surface area contributed by atoms with Crippen molar-refractivity contribution in [1.82, 2.24) is 5.32 Å². The van der Waals surface area contributed by atoms with Crippen molar-refractivity contribution in [3.05, 3.63) is 132 Å². The van der Waals surface area contributed by atoms with E-state index >= 15 is 0 Å². The SMILES string of the molecule is COC(=O)N(C(=O)[C@@H](N)C(c1ccccc1)c1ccccc1)c1ccccc1CC[C@@H]1CN[C@H](COc2ccccc2)CO1. The molecule has 228 valence electrons. The van der Waals surface area contributed by atoms with Crippen molar-refractivity contribution >= 4 is 17.7 Å². The third-order valence-electron chi connectivity index (χ3n) is 7.87. The highest BCUT2D eigenvalue weighted by Crippen LogP contribution is 2.31. The molecule has 1 fully saturated rings. The predicted molar refractivity (Wildman–Crippen MR) is 171 cm³/mol. The normalized spacial score (nSPS) is 17.1. The quantitative estimate of drug-likeness (QED) is 0.243. The van der Waals surface area contributed by atoms with E-state index < -0.39 is 24.0 Å². The standard InChI is InChI=1S/C36H39N3O5/c1-42-36(41)39(35(40)34(37)33(27-14-5-2-6-15-27)28-16-7-3-8-17-28)32-20-12-11-13-26(32)21-22-31-23-38-29(25-44-31)24-43-30-18-9-4-10-19-30/h2-20,29,31,33-34,38H,21-25,37H2,1H3/t29-,31-,34+/m1/s1. The number of rotatable bonds is 11. The Bertz CT molecular complexity index is 1440. The molecule has 0 unspecified atom stereocenters. The van der Waals surface area contributed by atoms with Crippen molar-refractivity contribution in [2.24, 2.45) is 5.73 Å². The molecule has 1 heterocycles. The van der Waals surface area contributed by atoms with Crippen molar-refractivity contribution in [1.29, 1.82) is 0 Å². The second-order valence-corrected chi connectivity index (χ2v) is 10.8. The summed E-state index contributed by atoms with van der Waals surface area (Å²) in [6.07, 6.45) is 0.475. The molecule has 3 N–H and O–H groups in total. The Hall–Kier alpha value is -4.50. The summed E-state index contributed by atoms with van der Waals surface area (Å²) >= 11 is 0. The Labute approximate surface area is 258 Å².